The lowest BCUT2D eigenvalue weighted by molar-refractivity contribution is -0.135. The number of aliphatic hydroxyl groups excluding tert-OH is 1. The highest BCUT2D eigenvalue weighted by Gasteiger charge is 2.27. The van der Waals surface area contributed by atoms with E-state index in [1.165, 1.54) is 0 Å². The van der Waals surface area contributed by atoms with Gasteiger partial charge in [-0.25, -0.2) is 4.79 Å². The van der Waals surface area contributed by atoms with Gasteiger partial charge >= 0.3 is 5.97 Å². The van der Waals surface area contributed by atoms with Crippen LogP contribution in [0.25, 0.3) is 0 Å². The summed E-state index contributed by atoms with van der Waals surface area (Å²) in [5.74, 6) is -4.35. The molecular weight excluding hydrogens is 164 g/mol. The van der Waals surface area contributed by atoms with Crippen LogP contribution in [0.5, 0.6) is 0 Å². The predicted molar refractivity (Wildman–Crippen MR) is 36.4 cm³/mol. The average molecular weight is 168 g/mol. The van der Waals surface area contributed by atoms with Gasteiger partial charge in [0.1, 0.15) is 0 Å². The maximum atomic E-state index is 10.8. The Morgan fingerprint density at radius 2 is 1.67 bits per heavy atom. The van der Waals surface area contributed by atoms with Gasteiger partial charge in [0.15, 0.2) is 17.1 Å². The van der Waals surface area contributed by atoms with Crippen LogP contribution in [-0.2, 0) is 14.4 Å². The highest BCUT2D eigenvalue weighted by atomic mass is 16.4. The average Bonchev–Trinajstić information content (AvgIpc) is 1.97. The number of hydrogen-bond acceptors (Lipinski definition) is 4. The molecule has 62 valence electrons. The molecule has 5 heteroatoms. The molecule has 0 aromatic carbocycles. The van der Waals surface area contributed by atoms with Gasteiger partial charge in [-0.1, -0.05) is 0 Å². The number of hydrogen-bond donors (Lipinski definition) is 2. The van der Waals surface area contributed by atoms with Crippen molar-refractivity contribution in [2.45, 2.75) is 0 Å². The molecule has 1 rings (SSSR count). The van der Waals surface area contributed by atoms with Gasteiger partial charge in [-0.2, -0.15) is 0 Å². The molecule has 0 saturated heterocycles. The standard InChI is InChI=1S/C7H4O5/c8-3-1-2-4(9)6(10)5(3)7(11)12/h1-2,10H,(H,11,12). The Morgan fingerprint density at radius 1 is 1.17 bits per heavy atom. The van der Waals surface area contributed by atoms with Crippen molar-refractivity contribution in [3.63, 3.8) is 0 Å². The first-order chi connectivity index (χ1) is 5.54. The van der Waals surface area contributed by atoms with Gasteiger partial charge in [-0.15, -0.1) is 0 Å². The summed E-state index contributed by atoms with van der Waals surface area (Å²) in [5, 5.41) is 17.2. The summed E-state index contributed by atoms with van der Waals surface area (Å²) in [6.45, 7) is 0. The molecule has 2 N–H and O–H groups in total. The number of rotatable bonds is 1. The van der Waals surface area contributed by atoms with E-state index in [-0.39, 0.29) is 0 Å². The van der Waals surface area contributed by atoms with Gasteiger partial charge in [0, 0.05) is 0 Å². The molecular formula is C7H4O5. The minimum Gasteiger partial charge on any atom is -0.503 e. The molecule has 0 aromatic heterocycles. The topological polar surface area (TPSA) is 91.7 Å². The molecule has 0 amide bonds. The van der Waals surface area contributed by atoms with Crippen molar-refractivity contribution in [2.24, 2.45) is 0 Å². The minimum absolute atomic E-state index is 0.811. The first kappa shape index (κ1) is 8.19. The molecule has 0 heterocycles. The lowest BCUT2D eigenvalue weighted by Gasteiger charge is -2.04. The molecule has 0 aromatic rings. The normalized spacial score (nSPS) is 17.0. The summed E-state index contributed by atoms with van der Waals surface area (Å²) in [4.78, 5) is 31.7. The van der Waals surface area contributed by atoms with Gasteiger partial charge in [0.25, 0.3) is 0 Å². The molecule has 0 fully saturated rings. The lowest BCUT2D eigenvalue weighted by Crippen LogP contribution is -2.20. The number of carbonyl (C=O) groups excluding carboxylic acids is 2. The van der Waals surface area contributed by atoms with E-state index in [1.54, 1.807) is 0 Å². The number of ketones is 2. The second-order valence-corrected chi connectivity index (χ2v) is 2.09. The van der Waals surface area contributed by atoms with Crippen molar-refractivity contribution in [2.75, 3.05) is 0 Å². The first-order valence-electron chi connectivity index (χ1n) is 2.97. The van der Waals surface area contributed by atoms with Crippen molar-refractivity contribution in [3.05, 3.63) is 23.5 Å². The number of allylic oxidation sites excluding steroid dienone is 2. The maximum absolute atomic E-state index is 10.8. The second kappa shape index (κ2) is 2.61. The Labute approximate surface area is 66.6 Å². The van der Waals surface area contributed by atoms with E-state index in [9.17, 15) is 14.4 Å². The van der Waals surface area contributed by atoms with Crippen LogP contribution in [-0.4, -0.2) is 27.7 Å². The lowest BCUT2D eigenvalue weighted by atomic mass is 10.0. The maximum Gasteiger partial charge on any atom is 0.343 e. The number of carboxylic acids is 1. The Kier molecular flexibility index (Phi) is 1.78. The van der Waals surface area contributed by atoms with Gasteiger partial charge in [0.2, 0.25) is 5.78 Å². The largest absolute Gasteiger partial charge is 0.503 e. The molecule has 0 unspecified atom stereocenters. The second-order valence-electron chi connectivity index (χ2n) is 2.09. The van der Waals surface area contributed by atoms with Crippen molar-refractivity contribution in [1.82, 2.24) is 0 Å². The molecule has 0 aliphatic heterocycles. The summed E-state index contributed by atoms with van der Waals surface area (Å²) in [6.07, 6.45) is 1.63. The summed E-state index contributed by atoms with van der Waals surface area (Å²) in [6, 6.07) is 0. The SMILES string of the molecule is O=C(O)C1=C(O)C(=O)C=CC1=O. The van der Waals surface area contributed by atoms with E-state index in [1.807, 2.05) is 0 Å². The Morgan fingerprint density at radius 3 is 2.08 bits per heavy atom. The minimum atomic E-state index is -1.60. The number of aliphatic hydroxyl groups is 1. The van der Waals surface area contributed by atoms with Crippen molar-refractivity contribution >= 4 is 17.5 Å². The number of aliphatic carboxylic acids is 1. The summed E-state index contributed by atoms with van der Waals surface area (Å²) in [5.41, 5.74) is -0.873. The van der Waals surface area contributed by atoms with Crippen LogP contribution in [0.15, 0.2) is 23.5 Å². The molecule has 1 aliphatic rings. The molecule has 0 saturated carbocycles. The molecule has 0 spiro atoms. The van der Waals surface area contributed by atoms with Crippen LogP contribution in [0.3, 0.4) is 0 Å². The van der Waals surface area contributed by atoms with Gasteiger partial charge in [-0.3, -0.25) is 9.59 Å². The van der Waals surface area contributed by atoms with Gasteiger partial charge < -0.3 is 10.2 Å². The van der Waals surface area contributed by atoms with Crippen LogP contribution < -0.4 is 0 Å². The van der Waals surface area contributed by atoms with Crippen LogP contribution in [0, 0.1) is 0 Å². The molecule has 0 bridgehead atoms. The summed E-state index contributed by atoms with van der Waals surface area (Å²) in [7, 11) is 0. The third-order valence-corrected chi connectivity index (χ3v) is 1.32. The molecule has 1 aliphatic carbocycles. The van der Waals surface area contributed by atoms with Crippen molar-refractivity contribution < 1.29 is 24.6 Å². The van der Waals surface area contributed by atoms with Gasteiger partial charge in [0.05, 0.1) is 0 Å². The Balaban J connectivity index is 3.24. The molecule has 0 radical (unpaired) electrons. The van der Waals surface area contributed by atoms with E-state index in [2.05, 4.69) is 0 Å². The van der Waals surface area contributed by atoms with E-state index in [0.29, 0.717) is 0 Å². The van der Waals surface area contributed by atoms with Gasteiger partial charge in [-0.05, 0) is 12.2 Å². The highest BCUT2D eigenvalue weighted by Crippen LogP contribution is 2.11. The molecule has 12 heavy (non-hydrogen) atoms. The number of carboxylic acid groups (broad SMARTS) is 1. The predicted octanol–water partition coefficient (Wildman–Crippen LogP) is -0.409. The zero-order valence-corrected chi connectivity index (χ0v) is 5.77. The summed E-state index contributed by atoms with van der Waals surface area (Å²) < 4.78 is 0. The van der Waals surface area contributed by atoms with Crippen LogP contribution in [0.2, 0.25) is 0 Å². The monoisotopic (exact) mass is 168 g/mol. The molecule has 0 atom stereocenters. The van der Waals surface area contributed by atoms with E-state index in [0.717, 1.165) is 12.2 Å². The van der Waals surface area contributed by atoms with Crippen molar-refractivity contribution in [1.29, 1.82) is 0 Å². The third kappa shape index (κ3) is 1.12. The van der Waals surface area contributed by atoms with Crippen LogP contribution >= 0.6 is 0 Å². The zero-order valence-electron chi connectivity index (χ0n) is 5.77. The fourth-order valence-electron chi connectivity index (χ4n) is 0.760. The smallest absolute Gasteiger partial charge is 0.343 e. The van der Waals surface area contributed by atoms with E-state index < -0.39 is 28.9 Å². The number of carbonyl (C=O) groups is 3. The first-order valence-corrected chi connectivity index (χ1v) is 2.97. The Bertz CT molecular complexity index is 334. The highest BCUT2D eigenvalue weighted by molar-refractivity contribution is 6.29. The van der Waals surface area contributed by atoms with Crippen LogP contribution in [0.1, 0.15) is 0 Å². The van der Waals surface area contributed by atoms with E-state index in [4.69, 9.17) is 10.2 Å². The van der Waals surface area contributed by atoms with Crippen LogP contribution in [0.4, 0.5) is 0 Å². The fourth-order valence-corrected chi connectivity index (χ4v) is 0.760. The molecule has 5 nitrogen and oxygen atoms in total. The van der Waals surface area contributed by atoms with E-state index >= 15 is 0 Å². The third-order valence-electron chi connectivity index (χ3n) is 1.32. The Hall–Kier alpha value is -1.91. The quantitative estimate of drug-likeness (QED) is 0.410. The fraction of sp³-hybridized carbons (Fsp3) is 0. The zero-order chi connectivity index (χ0) is 9.30. The summed E-state index contributed by atoms with van der Waals surface area (Å²) >= 11 is 0. The van der Waals surface area contributed by atoms with Crippen molar-refractivity contribution in [3.8, 4) is 0 Å².